The van der Waals surface area contributed by atoms with Gasteiger partial charge >= 0.3 is 0 Å². The van der Waals surface area contributed by atoms with Gasteiger partial charge in [0.2, 0.25) is 0 Å². The number of anilines is 1. The lowest BCUT2D eigenvalue weighted by atomic mass is 9.93. The lowest BCUT2D eigenvalue weighted by Crippen LogP contribution is -2.38. The Hall–Kier alpha value is -0.610. The topological polar surface area (TPSA) is 42.1 Å². The molecule has 1 aliphatic rings. The molecule has 1 aliphatic carbocycles. The van der Waals surface area contributed by atoms with Crippen LogP contribution in [0.3, 0.4) is 0 Å². The molecule has 0 bridgehead atoms. The van der Waals surface area contributed by atoms with E-state index in [2.05, 4.69) is 31.9 Å². The summed E-state index contributed by atoms with van der Waals surface area (Å²) in [6.45, 7) is 1.80. The van der Waals surface area contributed by atoms with E-state index in [9.17, 15) is 0 Å². The summed E-state index contributed by atoms with van der Waals surface area (Å²) >= 11 is 3.62. The normalized spacial score (nSPS) is 16.8. The quantitative estimate of drug-likeness (QED) is 0.907. The van der Waals surface area contributed by atoms with E-state index in [1.807, 2.05) is 12.4 Å². The Morgan fingerprint density at radius 3 is 2.78 bits per heavy atom. The number of nitrogens with zero attached hydrogens (tertiary/aromatic N) is 2. The first-order valence-electron chi connectivity index (χ1n) is 6.89. The van der Waals surface area contributed by atoms with Gasteiger partial charge in [-0.05, 0) is 47.8 Å². The van der Waals surface area contributed by atoms with Crippen molar-refractivity contribution < 1.29 is 0 Å². The van der Waals surface area contributed by atoms with Crippen LogP contribution >= 0.6 is 15.9 Å². The van der Waals surface area contributed by atoms with Crippen LogP contribution in [-0.4, -0.2) is 24.1 Å². The van der Waals surface area contributed by atoms with Crippen molar-refractivity contribution in [2.24, 2.45) is 5.73 Å². The zero-order chi connectivity index (χ0) is 12.8. The van der Waals surface area contributed by atoms with Crippen molar-refractivity contribution in [2.45, 2.75) is 44.6 Å². The fourth-order valence-corrected chi connectivity index (χ4v) is 3.23. The van der Waals surface area contributed by atoms with Gasteiger partial charge in [-0.25, -0.2) is 0 Å². The van der Waals surface area contributed by atoms with Gasteiger partial charge in [0, 0.05) is 25.0 Å². The third kappa shape index (κ3) is 3.45. The van der Waals surface area contributed by atoms with E-state index >= 15 is 0 Å². The van der Waals surface area contributed by atoms with E-state index in [1.54, 1.807) is 0 Å². The van der Waals surface area contributed by atoms with E-state index in [4.69, 9.17) is 5.73 Å². The molecule has 0 atom stereocenters. The van der Waals surface area contributed by atoms with E-state index in [1.165, 1.54) is 37.8 Å². The largest absolute Gasteiger partial charge is 0.368 e. The molecule has 1 aromatic rings. The number of halogens is 1. The fourth-order valence-electron chi connectivity index (χ4n) is 2.75. The number of hydrogen-bond acceptors (Lipinski definition) is 3. The number of rotatable bonds is 5. The predicted octanol–water partition coefficient (Wildman–Crippen LogP) is 3.33. The summed E-state index contributed by atoms with van der Waals surface area (Å²) < 4.78 is 1.09. The first-order chi connectivity index (χ1) is 8.83. The predicted molar refractivity (Wildman–Crippen MR) is 79.8 cm³/mol. The van der Waals surface area contributed by atoms with Gasteiger partial charge in [-0.1, -0.05) is 19.3 Å². The molecule has 1 heterocycles. The highest BCUT2D eigenvalue weighted by molar-refractivity contribution is 9.10. The molecule has 0 aromatic carbocycles. The van der Waals surface area contributed by atoms with Crippen LogP contribution in [0, 0.1) is 0 Å². The van der Waals surface area contributed by atoms with Crippen molar-refractivity contribution in [1.82, 2.24) is 4.98 Å². The molecule has 0 radical (unpaired) electrons. The Morgan fingerprint density at radius 2 is 2.11 bits per heavy atom. The Morgan fingerprint density at radius 1 is 1.33 bits per heavy atom. The second-order valence-corrected chi connectivity index (χ2v) is 5.81. The van der Waals surface area contributed by atoms with Gasteiger partial charge in [-0.3, -0.25) is 4.98 Å². The van der Waals surface area contributed by atoms with Gasteiger partial charge in [-0.15, -0.1) is 0 Å². The Balaban J connectivity index is 2.15. The first-order valence-corrected chi connectivity index (χ1v) is 7.68. The maximum absolute atomic E-state index is 5.67. The van der Waals surface area contributed by atoms with Crippen LogP contribution in [0.15, 0.2) is 22.9 Å². The van der Waals surface area contributed by atoms with Gasteiger partial charge in [-0.2, -0.15) is 0 Å². The molecule has 1 fully saturated rings. The molecule has 100 valence electrons. The summed E-state index contributed by atoms with van der Waals surface area (Å²) in [6, 6.07) is 2.78. The molecule has 3 nitrogen and oxygen atoms in total. The summed E-state index contributed by atoms with van der Waals surface area (Å²) in [5.74, 6) is 0. The summed E-state index contributed by atoms with van der Waals surface area (Å²) in [6.07, 6.45) is 11.5. The molecular formula is C14H22BrN3. The number of aromatic nitrogens is 1. The summed E-state index contributed by atoms with van der Waals surface area (Å²) in [7, 11) is 0. The van der Waals surface area contributed by atoms with Gasteiger partial charge in [0.05, 0.1) is 10.2 Å². The summed E-state index contributed by atoms with van der Waals surface area (Å²) in [5, 5.41) is 0. The van der Waals surface area contributed by atoms with Gasteiger partial charge in [0.25, 0.3) is 0 Å². The SMILES string of the molecule is NCCCN(c1ccncc1Br)C1CCCCC1. The molecular weight excluding hydrogens is 290 g/mol. The molecule has 18 heavy (non-hydrogen) atoms. The summed E-state index contributed by atoms with van der Waals surface area (Å²) in [5.41, 5.74) is 6.94. The molecule has 0 amide bonds. The van der Waals surface area contributed by atoms with Crippen molar-refractivity contribution in [2.75, 3.05) is 18.0 Å². The molecule has 0 unspecified atom stereocenters. The molecule has 0 spiro atoms. The van der Waals surface area contributed by atoms with Crippen molar-refractivity contribution in [3.63, 3.8) is 0 Å². The molecule has 4 heteroatoms. The van der Waals surface area contributed by atoms with Crippen molar-refractivity contribution >= 4 is 21.6 Å². The lowest BCUT2D eigenvalue weighted by Gasteiger charge is -2.36. The van der Waals surface area contributed by atoms with Crippen LogP contribution in [-0.2, 0) is 0 Å². The first kappa shape index (κ1) is 13.8. The molecule has 2 N–H and O–H groups in total. The molecule has 1 aromatic heterocycles. The number of hydrogen-bond donors (Lipinski definition) is 1. The molecule has 0 aliphatic heterocycles. The molecule has 0 saturated heterocycles. The lowest BCUT2D eigenvalue weighted by molar-refractivity contribution is 0.412. The van der Waals surface area contributed by atoms with Crippen LogP contribution < -0.4 is 10.6 Å². The smallest absolute Gasteiger partial charge is 0.0592 e. The minimum Gasteiger partial charge on any atom is -0.368 e. The van der Waals surface area contributed by atoms with Crippen LogP contribution in [0.25, 0.3) is 0 Å². The average Bonchev–Trinajstić information content (AvgIpc) is 2.42. The highest BCUT2D eigenvalue weighted by atomic mass is 79.9. The average molecular weight is 312 g/mol. The molecule has 2 rings (SSSR count). The summed E-state index contributed by atoms with van der Waals surface area (Å²) in [4.78, 5) is 6.68. The fraction of sp³-hybridized carbons (Fsp3) is 0.643. The van der Waals surface area contributed by atoms with E-state index in [0.29, 0.717) is 6.04 Å². The second-order valence-electron chi connectivity index (χ2n) is 4.95. The van der Waals surface area contributed by atoms with E-state index in [-0.39, 0.29) is 0 Å². The second kappa shape index (κ2) is 7.10. The third-order valence-corrected chi connectivity index (χ3v) is 4.29. The number of nitrogens with two attached hydrogens (primary N) is 1. The Labute approximate surface area is 118 Å². The maximum Gasteiger partial charge on any atom is 0.0592 e. The van der Waals surface area contributed by atoms with Gasteiger partial charge in [0.15, 0.2) is 0 Å². The monoisotopic (exact) mass is 311 g/mol. The van der Waals surface area contributed by atoms with Gasteiger partial charge in [0.1, 0.15) is 0 Å². The third-order valence-electron chi connectivity index (χ3n) is 3.68. The Kier molecular flexibility index (Phi) is 5.45. The van der Waals surface area contributed by atoms with Crippen molar-refractivity contribution in [3.8, 4) is 0 Å². The van der Waals surface area contributed by atoms with Crippen LogP contribution in [0.2, 0.25) is 0 Å². The van der Waals surface area contributed by atoms with Crippen LogP contribution in [0.4, 0.5) is 5.69 Å². The van der Waals surface area contributed by atoms with E-state index in [0.717, 1.165) is 24.0 Å². The standard InChI is InChI=1S/C14H22BrN3/c15-13-11-17-9-7-14(13)18(10-4-8-16)12-5-2-1-3-6-12/h7,9,11-12H,1-6,8,10,16H2. The molecule has 1 saturated carbocycles. The highest BCUT2D eigenvalue weighted by Crippen LogP contribution is 2.31. The zero-order valence-corrected chi connectivity index (χ0v) is 12.4. The minimum atomic E-state index is 0.670. The van der Waals surface area contributed by atoms with Crippen LogP contribution in [0.1, 0.15) is 38.5 Å². The Bertz CT molecular complexity index is 364. The maximum atomic E-state index is 5.67. The van der Waals surface area contributed by atoms with E-state index < -0.39 is 0 Å². The van der Waals surface area contributed by atoms with Crippen molar-refractivity contribution in [3.05, 3.63) is 22.9 Å². The van der Waals surface area contributed by atoms with Gasteiger partial charge < -0.3 is 10.6 Å². The zero-order valence-electron chi connectivity index (χ0n) is 10.8. The van der Waals surface area contributed by atoms with Crippen LogP contribution in [0.5, 0.6) is 0 Å². The number of pyridine rings is 1. The highest BCUT2D eigenvalue weighted by Gasteiger charge is 2.22. The van der Waals surface area contributed by atoms with Crippen molar-refractivity contribution in [1.29, 1.82) is 0 Å². The minimum absolute atomic E-state index is 0.670.